The van der Waals surface area contributed by atoms with Crippen molar-refractivity contribution in [3.8, 4) is 17.0 Å². The average Bonchev–Trinajstić information content (AvgIpc) is 2.99. The van der Waals surface area contributed by atoms with Gasteiger partial charge in [-0.1, -0.05) is 23.2 Å². The summed E-state index contributed by atoms with van der Waals surface area (Å²) in [6.45, 7) is 0. The summed E-state index contributed by atoms with van der Waals surface area (Å²) in [5.74, 6) is 0.822. The third-order valence-electron chi connectivity index (χ3n) is 3.06. The van der Waals surface area contributed by atoms with Crippen molar-refractivity contribution in [3.63, 3.8) is 0 Å². The standard InChI is InChI=1S/C16H12Cl2N2OS/c1-21-12-5-2-10(3-6-12)15-9-22-16(20-15)19-14-8-11(17)4-7-13(14)18/h2-9H,1H3,(H,19,20). The van der Waals surface area contributed by atoms with Crippen LogP contribution in [-0.4, -0.2) is 12.1 Å². The van der Waals surface area contributed by atoms with Crippen LogP contribution < -0.4 is 10.1 Å². The van der Waals surface area contributed by atoms with E-state index in [0.29, 0.717) is 10.0 Å². The number of ether oxygens (including phenoxy) is 1. The zero-order valence-corrected chi connectivity index (χ0v) is 14.0. The molecule has 0 amide bonds. The number of aromatic nitrogens is 1. The number of nitrogens with zero attached hydrogens (tertiary/aromatic N) is 1. The van der Waals surface area contributed by atoms with E-state index in [1.165, 1.54) is 11.3 Å². The molecule has 0 saturated carbocycles. The van der Waals surface area contributed by atoms with Crippen molar-refractivity contribution in [3.05, 3.63) is 57.9 Å². The molecule has 1 N–H and O–H groups in total. The quantitative estimate of drug-likeness (QED) is 0.638. The Morgan fingerprint density at radius 2 is 1.86 bits per heavy atom. The second-order valence-corrected chi connectivity index (χ2v) is 6.22. The SMILES string of the molecule is COc1ccc(-c2csc(Nc3cc(Cl)ccc3Cl)n2)cc1. The molecular weight excluding hydrogens is 339 g/mol. The predicted octanol–water partition coefficient (Wildman–Crippen LogP) is 5.87. The highest BCUT2D eigenvalue weighted by Crippen LogP contribution is 2.32. The molecule has 0 unspecified atom stereocenters. The van der Waals surface area contributed by atoms with Crippen LogP contribution in [0.2, 0.25) is 10.0 Å². The van der Waals surface area contributed by atoms with Gasteiger partial charge in [0.1, 0.15) is 5.75 Å². The molecule has 3 nitrogen and oxygen atoms in total. The molecule has 0 aliphatic carbocycles. The van der Waals surface area contributed by atoms with Crippen LogP contribution in [0.1, 0.15) is 0 Å². The van der Waals surface area contributed by atoms with Crippen molar-refractivity contribution >= 4 is 45.4 Å². The van der Waals surface area contributed by atoms with Gasteiger partial charge in [0, 0.05) is 16.0 Å². The van der Waals surface area contributed by atoms with Gasteiger partial charge in [-0.2, -0.15) is 0 Å². The van der Waals surface area contributed by atoms with E-state index in [1.807, 2.05) is 29.6 Å². The number of hydrogen-bond acceptors (Lipinski definition) is 4. The molecule has 0 spiro atoms. The molecule has 2 aromatic carbocycles. The predicted molar refractivity (Wildman–Crippen MR) is 93.8 cm³/mol. The zero-order chi connectivity index (χ0) is 15.5. The van der Waals surface area contributed by atoms with Crippen molar-refractivity contribution in [1.82, 2.24) is 4.98 Å². The molecule has 1 aromatic heterocycles. The molecule has 112 valence electrons. The fourth-order valence-electron chi connectivity index (χ4n) is 1.93. The van der Waals surface area contributed by atoms with Crippen LogP contribution in [-0.2, 0) is 0 Å². The summed E-state index contributed by atoms with van der Waals surface area (Å²) in [5, 5.41) is 7.17. The van der Waals surface area contributed by atoms with Crippen molar-refractivity contribution in [2.75, 3.05) is 12.4 Å². The van der Waals surface area contributed by atoms with Crippen molar-refractivity contribution in [1.29, 1.82) is 0 Å². The molecule has 1 heterocycles. The highest BCUT2D eigenvalue weighted by Gasteiger charge is 2.07. The van der Waals surface area contributed by atoms with Gasteiger partial charge in [-0.25, -0.2) is 4.98 Å². The molecule has 3 rings (SSSR count). The summed E-state index contributed by atoms with van der Waals surface area (Å²) in [6, 6.07) is 13.1. The summed E-state index contributed by atoms with van der Waals surface area (Å²) in [5.41, 5.74) is 2.67. The van der Waals surface area contributed by atoms with Crippen LogP contribution in [0.4, 0.5) is 10.8 Å². The highest BCUT2D eigenvalue weighted by molar-refractivity contribution is 7.14. The van der Waals surface area contributed by atoms with Gasteiger partial charge >= 0.3 is 0 Å². The summed E-state index contributed by atoms with van der Waals surface area (Å²) in [7, 11) is 1.65. The molecule has 0 atom stereocenters. The molecule has 0 radical (unpaired) electrons. The normalized spacial score (nSPS) is 10.5. The minimum absolute atomic E-state index is 0.602. The number of thiazole rings is 1. The first-order valence-electron chi connectivity index (χ1n) is 6.48. The molecule has 0 saturated heterocycles. The Balaban J connectivity index is 1.82. The third kappa shape index (κ3) is 3.35. The Hall–Kier alpha value is -1.75. The average molecular weight is 351 g/mol. The van der Waals surface area contributed by atoms with Gasteiger partial charge in [-0.3, -0.25) is 0 Å². The van der Waals surface area contributed by atoms with E-state index in [4.69, 9.17) is 27.9 Å². The van der Waals surface area contributed by atoms with E-state index in [0.717, 1.165) is 27.8 Å². The van der Waals surface area contributed by atoms with Crippen LogP contribution in [0.5, 0.6) is 5.75 Å². The van der Waals surface area contributed by atoms with Crippen LogP contribution in [0.15, 0.2) is 47.8 Å². The molecule has 0 aliphatic rings. The Bertz CT molecular complexity index is 787. The second-order valence-electron chi connectivity index (χ2n) is 4.52. The van der Waals surface area contributed by atoms with Gasteiger partial charge in [-0.05, 0) is 42.5 Å². The van der Waals surface area contributed by atoms with Gasteiger partial charge in [0.2, 0.25) is 0 Å². The molecule has 0 bridgehead atoms. The van der Waals surface area contributed by atoms with Crippen LogP contribution in [0, 0.1) is 0 Å². The van der Waals surface area contributed by atoms with Gasteiger partial charge in [0.25, 0.3) is 0 Å². The number of benzene rings is 2. The molecule has 6 heteroatoms. The minimum atomic E-state index is 0.602. The lowest BCUT2D eigenvalue weighted by Crippen LogP contribution is -1.90. The summed E-state index contributed by atoms with van der Waals surface area (Å²) < 4.78 is 5.16. The third-order valence-corrected chi connectivity index (χ3v) is 4.38. The molecule has 3 aromatic rings. The monoisotopic (exact) mass is 350 g/mol. The molecular formula is C16H12Cl2N2OS. The lowest BCUT2D eigenvalue weighted by atomic mass is 10.2. The number of nitrogens with one attached hydrogen (secondary N) is 1. The number of rotatable bonds is 4. The topological polar surface area (TPSA) is 34.1 Å². The van der Waals surface area contributed by atoms with Crippen molar-refractivity contribution in [2.45, 2.75) is 0 Å². The van der Waals surface area contributed by atoms with Gasteiger partial charge in [0.15, 0.2) is 5.13 Å². The van der Waals surface area contributed by atoms with E-state index in [1.54, 1.807) is 25.3 Å². The van der Waals surface area contributed by atoms with Crippen LogP contribution in [0.25, 0.3) is 11.3 Å². The minimum Gasteiger partial charge on any atom is -0.497 e. The maximum Gasteiger partial charge on any atom is 0.187 e. The Morgan fingerprint density at radius 1 is 1.09 bits per heavy atom. The lowest BCUT2D eigenvalue weighted by molar-refractivity contribution is 0.415. The van der Waals surface area contributed by atoms with Gasteiger partial charge in [0.05, 0.1) is 23.5 Å². The second kappa shape index (κ2) is 6.57. The number of methoxy groups -OCH3 is 1. The molecule has 22 heavy (non-hydrogen) atoms. The van der Waals surface area contributed by atoms with Crippen LogP contribution >= 0.6 is 34.5 Å². The van der Waals surface area contributed by atoms with Crippen molar-refractivity contribution < 1.29 is 4.74 Å². The number of hydrogen-bond donors (Lipinski definition) is 1. The van der Waals surface area contributed by atoms with Crippen LogP contribution in [0.3, 0.4) is 0 Å². The summed E-state index contributed by atoms with van der Waals surface area (Å²) in [6.07, 6.45) is 0. The number of anilines is 2. The first kappa shape index (κ1) is 15.2. The maximum absolute atomic E-state index is 6.15. The Morgan fingerprint density at radius 3 is 2.59 bits per heavy atom. The zero-order valence-electron chi connectivity index (χ0n) is 11.6. The van der Waals surface area contributed by atoms with Gasteiger partial charge in [-0.15, -0.1) is 11.3 Å². The van der Waals surface area contributed by atoms with E-state index >= 15 is 0 Å². The van der Waals surface area contributed by atoms with E-state index in [-0.39, 0.29) is 0 Å². The first-order chi connectivity index (χ1) is 10.7. The summed E-state index contributed by atoms with van der Waals surface area (Å²) in [4.78, 5) is 4.57. The highest BCUT2D eigenvalue weighted by atomic mass is 35.5. The number of halogens is 2. The Kier molecular flexibility index (Phi) is 4.52. The van der Waals surface area contributed by atoms with E-state index in [2.05, 4.69) is 10.3 Å². The molecule has 0 aliphatic heterocycles. The lowest BCUT2D eigenvalue weighted by Gasteiger charge is -2.05. The van der Waals surface area contributed by atoms with Crippen molar-refractivity contribution in [2.24, 2.45) is 0 Å². The van der Waals surface area contributed by atoms with Gasteiger partial charge < -0.3 is 10.1 Å². The maximum atomic E-state index is 6.15. The first-order valence-corrected chi connectivity index (χ1v) is 8.11. The fraction of sp³-hybridized carbons (Fsp3) is 0.0625. The Labute approximate surface area is 142 Å². The summed E-state index contributed by atoms with van der Waals surface area (Å²) >= 11 is 13.6. The largest absolute Gasteiger partial charge is 0.497 e. The fourth-order valence-corrected chi connectivity index (χ4v) is 3.00. The van der Waals surface area contributed by atoms with E-state index < -0.39 is 0 Å². The molecule has 0 fully saturated rings. The van der Waals surface area contributed by atoms with E-state index in [9.17, 15) is 0 Å². The smallest absolute Gasteiger partial charge is 0.187 e.